The van der Waals surface area contributed by atoms with Gasteiger partial charge in [-0.1, -0.05) is 78.6 Å². The second-order valence-electron chi connectivity index (χ2n) is 8.01. The van der Waals surface area contributed by atoms with Gasteiger partial charge >= 0.3 is 8.80 Å². The molecule has 1 unspecified atom stereocenters. The van der Waals surface area contributed by atoms with Gasteiger partial charge in [-0.05, 0) is 19.3 Å². The molecule has 31 heavy (non-hydrogen) atoms. The lowest BCUT2D eigenvalue weighted by molar-refractivity contribution is -0.380. The summed E-state index contributed by atoms with van der Waals surface area (Å²) in [6.45, 7) is 6.61. The Labute approximate surface area is 195 Å². The van der Waals surface area contributed by atoms with E-state index in [1.165, 1.54) is 51.4 Å². The van der Waals surface area contributed by atoms with E-state index < -0.39 is 14.8 Å². The maximum Gasteiger partial charge on any atom is 0.500 e. The van der Waals surface area contributed by atoms with Gasteiger partial charge in [0, 0.05) is 54.6 Å². The Morgan fingerprint density at radius 1 is 0.548 bits per heavy atom. The van der Waals surface area contributed by atoms with Crippen LogP contribution in [0.3, 0.4) is 0 Å². The average Bonchev–Trinajstić information content (AvgIpc) is 2.82. The quantitative estimate of drug-likeness (QED) is 0.112. The number of hydrogen-bond acceptors (Lipinski definition) is 6. The lowest BCUT2D eigenvalue weighted by Gasteiger charge is -2.36. The molecule has 0 aliphatic carbocycles. The minimum absolute atomic E-state index is 0.314. The Kier molecular flexibility index (Phi) is 23.3. The van der Waals surface area contributed by atoms with Crippen LogP contribution in [0.5, 0.6) is 0 Å². The summed E-state index contributed by atoms with van der Waals surface area (Å²) in [5.74, 6) is -0.549. The SMILES string of the molecule is CCCCCCCCC(CCCC)C(OC)(OC)OC.CCCC[Si](OC)(OC)OC. The van der Waals surface area contributed by atoms with Crippen LogP contribution in [-0.4, -0.2) is 57.4 Å². The summed E-state index contributed by atoms with van der Waals surface area (Å²) < 4.78 is 32.3. The van der Waals surface area contributed by atoms with Gasteiger partial charge in [-0.3, -0.25) is 0 Å². The van der Waals surface area contributed by atoms with Crippen molar-refractivity contribution < 1.29 is 27.5 Å². The fourth-order valence-electron chi connectivity index (χ4n) is 3.82. The molecule has 0 rings (SSSR count). The molecular formula is C24H54O6Si. The molecular weight excluding hydrogens is 412 g/mol. The van der Waals surface area contributed by atoms with E-state index >= 15 is 0 Å². The maximum atomic E-state index is 5.55. The van der Waals surface area contributed by atoms with Crippen molar-refractivity contribution in [3.05, 3.63) is 0 Å². The van der Waals surface area contributed by atoms with Crippen molar-refractivity contribution in [1.29, 1.82) is 0 Å². The lowest BCUT2D eigenvalue weighted by atomic mass is 9.92. The van der Waals surface area contributed by atoms with Crippen LogP contribution < -0.4 is 0 Å². The average molecular weight is 467 g/mol. The topological polar surface area (TPSA) is 55.4 Å². The first-order valence-corrected chi connectivity index (χ1v) is 14.2. The second-order valence-corrected chi connectivity index (χ2v) is 11.1. The highest BCUT2D eigenvalue weighted by Gasteiger charge is 2.39. The van der Waals surface area contributed by atoms with Gasteiger partial charge in [0.05, 0.1) is 0 Å². The van der Waals surface area contributed by atoms with E-state index in [-0.39, 0.29) is 0 Å². The number of methoxy groups -OCH3 is 3. The van der Waals surface area contributed by atoms with Crippen LogP contribution in [0.1, 0.15) is 97.8 Å². The van der Waals surface area contributed by atoms with Crippen molar-refractivity contribution in [2.75, 3.05) is 42.7 Å². The molecule has 0 saturated heterocycles. The summed E-state index contributed by atoms with van der Waals surface area (Å²) in [5, 5.41) is 0. The Morgan fingerprint density at radius 2 is 0.968 bits per heavy atom. The highest BCUT2D eigenvalue weighted by Crippen LogP contribution is 2.32. The van der Waals surface area contributed by atoms with Gasteiger partial charge in [-0.15, -0.1) is 0 Å². The van der Waals surface area contributed by atoms with Crippen molar-refractivity contribution in [3.8, 4) is 0 Å². The largest absolute Gasteiger partial charge is 0.500 e. The van der Waals surface area contributed by atoms with E-state index in [0.29, 0.717) is 5.92 Å². The Morgan fingerprint density at radius 3 is 1.39 bits per heavy atom. The van der Waals surface area contributed by atoms with E-state index in [2.05, 4.69) is 20.8 Å². The van der Waals surface area contributed by atoms with Gasteiger partial charge in [0.1, 0.15) is 0 Å². The van der Waals surface area contributed by atoms with Crippen LogP contribution in [0.15, 0.2) is 0 Å². The van der Waals surface area contributed by atoms with E-state index in [4.69, 9.17) is 27.5 Å². The predicted molar refractivity (Wildman–Crippen MR) is 131 cm³/mol. The van der Waals surface area contributed by atoms with Crippen molar-refractivity contribution in [2.45, 2.75) is 110 Å². The molecule has 0 aliphatic rings. The lowest BCUT2D eigenvalue weighted by Crippen LogP contribution is -2.44. The number of hydrogen-bond donors (Lipinski definition) is 0. The maximum absolute atomic E-state index is 5.55. The third-order valence-corrected chi connectivity index (χ3v) is 8.77. The summed E-state index contributed by atoms with van der Waals surface area (Å²) in [6, 6.07) is 0.910. The smallest absolute Gasteiger partial charge is 0.377 e. The zero-order valence-electron chi connectivity index (χ0n) is 22.2. The minimum Gasteiger partial charge on any atom is -0.377 e. The van der Waals surface area contributed by atoms with Crippen molar-refractivity contribution in [1.82, 2.24) is 0 Å². The molecule has 0 saturated carbocycles. The normalized spacial score (nSPS) is 13.1. The van der Waals surface area contributed by atoms with Crippen LogP contribution >= 0.6 is 0 Å². The van der Waals surface area contributed by atoms with Crippen molar-refractivity contribution >= 4 is 8.80 Å². The monoisotopic (exact) mass is 466 g/mol. The molecule has 0 aromatic carbocycles. The number of ether oxygens (including phenoxy) is 3. The molecule has 0 aromatic rings. The Hall–Kier alpha value is -0.0231. The molecule has 0 aromatic heterocycles. The zero-order chi connectivity index (χ0) is 24.0. The second kappa shape index (κ2) is 21.8. The van der Waals surface area contributed by atoms with Crippen molar-refractivity contribution in [2.24, 2.45) is 5.92 Å². The number of unbranched alkanes of at least 4 members (excludes halogenated alkanes) is 7. The zero-order valence-corrected chi connectivity index (χ0v) is 23.2. The highest BCUT2D eigenvalue weighted by molar-refractivity contribution is 6.60. The molecule has 190 valence electrons. The fourth-order valence-corrected chi connectivity index (χ4v) is 5.72. The van der Waals surface area contributed by atoms with Crippen LogP contribution in [0, 0.1) is 5.92 Å². The van der Waals surface area contributed by atoms with Gasteiger partial charge in [-0.2, -0.15) is 0 Å². The molecule has 0 N–H and O–H groups in total. The molecule has 0 heterocycles. The van der Waals surface area contributed by atoms with Gasteiger partial charge in [0.2, 0.25) is 0 Å². The summed E-state index contributed by atoms with van der Waals surface area (Å²) in [7, 11) is 7.73. The number of rotatable bonds is 20. The third-order valence-electron chi connectivity index (χ3n) is 5.94. The molecule has 0 aliphatic heterocycles. The molecule has 0 amide bonds. The van der Waals surface area contributed by atoms with Gasteiger partial charge in [0.15, 0.2) is 0 Å². The van der Waals surface area contributed by atoms with E-state index in [1.807, 2.05) is 0 Å². The van der Waals surface area contributed by atoms with Gasteiger partial charge in [0.25, 0.3) is 5.97 Å². The molecule has 0 bridgehead atoms. The van der Waals surface area contributed by atoms with Gasteiger partial charge in [-0.25, -0.2) is 0 Å². The summed E-state index contributed by atoms with van der Waals surface area (Å²) in [5.41, 5.74) is 0. The Balaban J connectivity index is 0. The highest BCUT2D eigenvalue weighted by atomic mass is 28.4. The molecule has 1 atom stereocenters. The van der Waals surface area contributed by atoms with Gasteiger partial charge < -0.3 is 27.5 Å². The first kappa shape index (κ1) is 33.2. The van der Waals surface area contributed by atoms with Crippen LogP contribution in [-0.2, 0) is 27.5 Å². The summed E-state index contributed by atoms with van der Waals surface area (Å²) >= 11 is 0. The van der Waals surface area contributed by atoms with E-state index in [0.717, 1.165) is 31.7 Å². The first-order valence-electron chi connectivity index (χ1n) is 12.3. The minimum atomic E-state index is -2.24. The van der Waals surface area contributed by atoms with E-state index in [1.54, 1.807) is 42.7 Å². The fraction of sp³-hybridized carbons (Fsp3) is 1.00. The predicted octanol–water partition coefficient (Wildman–Crippen LogP) is 6.80. The molecule has 0 radical (unpaired) electrons. The molecule has 0 spiro atoms. The van der Waals surface area contributed by atoms with Crippen LogP contribution in [0.4, 0.5) is 0 Å². The van der Waals surface area contributed by atoms with E-state index in [9.17, 15) is 0 Å². The van der Waals surface area contributed by atoms with Crippen molar-refractivity contribution in [3.63, 3.8) is 0 Å². The first-order chi connectivity index (χ1) is 14.9. The summed E-state index contributed by atoms with van der Waals surface area (Å²) in [6.07, 6.45) is 14.7. The molecule has 6 nitrogen and oxygen atoms in total. The molecule has 0 fully saturated rings. The molecule has 7 heteroatoms. The Bertz CT molecular complexity index is 345. The third kappa shape index (κ3) is 14.0. The van der Waals surface area contributed by atoms with Crippen LogP contribution in [0.2, 0.25) is 6.04 Å². The van der Waals surface area contributed by atoms with Crippen LogP contribution in [0.25, 0.3) is 0 Å². The standard InChI is InChI=1S/C17H36O3.C7H18O3Si/c1-6-8-10-11-12-13-15-16(14-9-7-2)17(18-3,19-4)20-5;1-5-6-7-11(8-2,9-3)10-4/h16H,6-15H2,1-5H3;5-7H2,1-4H3. The summed E-state index contributed by atoms with van der Waals surface area (Å²) in [4.78, 5) is 0.